The highest BCUT2D eigenvalue weighted by atomic mass is 16.5. The molecule has 64 valence electrons. The second-order valence-corrected chi connectivity index (χ2v) is 2.38. The van der Waals surface area contributed by atoms with Crippen LogP contribution in [0.3, 0.4) is 0 Å². The van der Waals surface area contributed by atoms with Crippen LogP contribution in [0.5, 0.6) is 0 Å². The van der Waals surface area contributed by atoms with Crippen LogP contribution < -0.4 is 10.6 Å². The Kier molecular flexibility index (Phi) is 3.13. The highest BCUT2D eigenvalue weighted by Gasteiger charge is 2.13. The monoisotopic (exact) mass is 160 g/mol. The second kappa shape index (κ2) is 4.15. The van der Waals surface area contributed by atoms with Gasteiger partial charge >= 0.3 is 6.09 Å². The minimum atomic E-state index is -1.00. The minimum absolute atomic E-state index is 0.0140. The van der Waals surface area contributed by atoms with Crippen LogP contribution in [0.15, 0.2) is 0 Å². The zero-order chi connectivity index (χ0) is 8.10. The van der Waals surface area contributed by atoms with E-state index in [4.69, 9.17) is 9.84 Å². The fourth-order valence-corrected chi connectivity index (χ4v) is 0.952. The first-order chi connectivity index (χ1) is 5.29. The average molecular weight is 160 g/mol. The van der Waals surface area contributed by atoms with Crippen molar-refractivity contribution in [1.29, 1.82) is 0 Å². The van der Waals surface area contributed by atoms with Gasteiger partial charge in [0, 0.05) is 19.6 Å². The molecule has 5 nitrogen and oxygen atoms in total. The number of rotatable bonds is 2. The van der Waals surface area contributed by atoms with Crippen molar-refractivity contribution < 1.29 is 14.6 Å². The van der Waals surface area contributed by atoms with Crippen LogP contribution in [-0.2, 0) is 4.74 Å². The Hall–Kier alpha value is -0.810. The van der Waals surface area contributed by atoms with E-state index in [-0.39, 0.29) is 6.10 Å². The van der Waals surface area contributed by atoms with Gasteiger partial charge in [0.05, 0.1) is 12.7 Å². The minimum Gasteiger partial charge on any atom is -0.465 e. The van der Waals surface area contributed by atoms with Crippen LogP contribution in [0.25, 0.3) is 0 Å². The van der Waals surface area contributed by atoms with Gasteiger partial charge in [-0.2, -0.15) is 0 Å². The van der Waals surface area contributed by atoms with Gasteiger partial charge in [-0.25, -0.2) is 4.79 Å². The van der Waals surface area contributed by atoms with E-state index >= 15 is 0 Å². The Balaban J connectivity index is 2.09. The van der Waals surface area contributed by atoms with Crippen LogP contribution >= 0.6 is 0 Å². The van der Waals surface area contributed by atoms with Gasteiger partial charge in [-0.15, -0.1) is 0 Å². The maximum Gasteiger partial charge on any atom is 0.404 e. The topological polar surface area (TPSA) is 70.6 Å². The predicted molar refractivity (Wildman–Crippen MR) is 38.6 cm³/mol. The molecule has 1 unspecified atom stereocenters. The highest BCUT2D eigenvalue weighted by Crippen LogP contribution is 1.93. The van der Waals surface area contributed by atoms with Crippen molar-refractivity contribution in [3.8, 4) is 0 Å². The standard InChI is InChI=1S/C6H12N2O3/c9-6(10)8-4-5-3-7-1-2-11-5/h5,7-8H,1-4H2,(H,9,10). The van der Waals surface area contributed by atoms with E-state index in [2.05, 4.69) is 10.6 Å². The smallest absolute Gasteiger partial charge is 0.404 e. The molecule has 1 aliphatic rings. The van der Waals surface area contributed by atoms with Gasteiger partial charge in [0.1, 0.15) is 0 Å². The summed E-state index contributed by atoms with van der Waals surface area (Å²) in [5.74, 6) is 0. The van der Waals surface area contributed by atoms with Gasteiger partial charge in [-0.3, -0.25) is 0 Å². The Bertz CT molecular complexity index is 134. The molecule has 3 N–H and O–H groups in total. The molecule has 1 heterocycles. The zero-order valence-corrected chi connectivity index (χ0v) is 6.17. The van der Waals surface area contributed by atoms with Crippen LogP contribution in [0.4, 0.5) is 4.79 Å². The van der Waals surface area contributed by atoms with Gasteiger partial charge in [-0.1, -0.05) is 0 Å². The molecule has 0 bridgehead atoms. The molecule has 11 heavy (non-hydrogen) atoms. The molecule has 0 saturated carbocycles. The van der Waals surface area contributed by atoms with E-state index in [1.54, 1.807) is 0 Å². The summed E-state index contributed by atoms with van der Waals surface area (Å²) in [7, 11) is 0. The number of hydrogen-bond acceptors (Lipinski definition) is 3. The zero-order valence-electron chi connectivity index (χ0n) is 6.17. The number of morpholine rings is 1. The summed E-state index contributed by atoms with van der Waals surface area (Å²) < 4.78 is 5.24. The summed E-state index contributed by atoms with van der Waals surface area (Å²) in [5.41, 5.74) is 0. The number of amides is 1. The van der Waals surface area contributed by atoms with Crippen molar-refractivity contribution in [2.75, 3.05) is 26.2 Å². The van der Waals surface area contributed by atoms with Gasteiger partial charge in [-0.05, 0) is 0 Å². The first kappa shape index (κ1) is 8.29. The van der Waals surface area contributed by atoms with Crippen molar-refractivity contribution in [3.63, 3.8) is 0 Å². The summed E-state index contributed by atoms with van der Waals surface area (Å²) in [4.78, 5) is 10.1. The van der Waals surface area contributed by atoms with Crippen molar-refractivity contribution in [2.24, 2.45) is 0 Å². The molecule has 1 amide bonds. The number of nitrogens with one attached hydrogen (secondary N) is 2. The lowest BCUT2D eigenvalue weighted by atomic mass is 10.3. The molecule has 1 fully saturated rings. The summed E-state index contributed by atoms with van der Waals surface area (Å²) in [6.45, 7) is 2.60. The Labute approximate surface area is 64.7 Å². The first-order valence-electron chi connectivity index (χ1n) is 3.58. The molecule has 0 radical (unpaired) electrons. The van der Waals surface area contributed by atoms with E-state index in [1.807, 2.05) is 0 Å². The summed E-state index contributed by atoms with van der Waals surface area (Å²) in [5, 5.41) is 13.6. The highest BCUT2D eigenvalue weighted by molar-refractivity contribution is 5.64. The van der Waals surface area contributed by atoms with E-state index in [9.17, 15) is 4.79 Å². The van der Waals surface area contributed by atoms with E-state index in [0.29, 0.717) is 13.2 Å². The number of hydrogen-bond donors (Lipinski definition) is 3. The molecular formula is C6H12N2O3. The Morgan fingerprint density at radius 2 is 2.64 bits per heavy atom. The molecule has 0 aromatic rings. The molecule has 0 spiro atoms. The largest absolute Gasteiger partial charge is 0.465 e. The van der Waals surface area contributed by atoms with E-state index in [1.165, 1.54) is 0 Å². The van der Waals surface area contributed by atoms with E-state index in [0.717, 1.165) is 13.1 Å². The molecule has 1 aliphatic heterocycles. The lowest BCUT2D eigenvalue weighted by molar-refractivity contribution is 0.0295. The van der Waals surface area contributed by atoms with Crippen molar-refractivity contribution >= 4 is 6.09 Å². The summed E-state index contributed by atoms with van der Waals surface area (Å²) >= 11 is 0. The Morgan fingerprint density at radius 1 is 1.82 bits per heavy atom. The van der Waals surface area contributed by atoms with Gasteiger partial charge < -0.3 is 20.5 Å². The Morgan fingerprint density at radius 3 is 3.18 bits per heavy atom. The van der Waals surface area contributed by atoms with Crippen molar-refractivity contribution in [1.82, 2.24) is 10.6 Å². The molecule has 0 aromatic carbocycles. The van der Waals surface area contributed by atoms with Crippen LogP contribution in [0.1, 0.15) is 0 Å². The van der Waals surface area contributed by atoms with Crippen LogP contribution in [0.2, 0.25) is 0 Å². The fraction of sp³-hybridized carbons (Fsp3) is 0.833. The maximum atomic E-state index is 10.1. The quantitative estimate of drug-likeness (QED) is 0.496. The predicted octanol–water partition coefficient (Wildman–Crippen LogP) is -0.758. The van der Waals surface area contributed by atoms with Gasteiger partial charge in [0.15, 0.2) is 0 Å². The molecule has 1 atom stereocenters. The molecule has 5 heteroatoms. The molecule has 0 aliphatic carbocycles. The van der Waals surface area contributed by atoms with Crippen LogP contribution in [-0.4, -0.2) is 43.5 Å². The lowest BCUT2D eigenvalue weighted by Gasteiger charge is -2.23. The van der Waals surface area contributed by atoms with Crippen LogP contribution in [0, 0.1) is 0 Å². The maximum absolute atomic E-state index is 10.1. The molecule has 1 saturated heterocycles. The van der Waals surface area contributed by atoms with Gasteiger partial charge in [0.2, 0.25) is 0 Å². The third-order valence-electron chi connectivity index (χ3n) is 1.49. The lowest BCUT2D eigenvalue weighted by Crippen LogP contribution is -2.44. The number of ether oxygens (including phenoxy) is 1. The third-order valence-corrected chi connectivity index (χ3v) is 1.49. The SMILES string of the molecule is O=C(O)NCC1CNCCO1. The normalized spacial score (nSPS) is 24.5. The fourth-order valence-electron chi connectivity index (χ4n) is 0.952. The average Bonchev–Trinajstić information content (AvgIpc) is 2.03. The molecule has 1 rings (SSSR count). The number of carbonyl (C=O) groups is 1. The van der Waals surface area contributed by atoms with Crippen molar-refractivity contribution in [3.05, 3.63) is 0 Å². The third kappa shape index (κ3) is 3.20. The summed E-state index contributed by atoms with van der Waals surface area (Å²) in [6.07, 6.45) is -1.01. The van der Waals surface area contributed by atoms with E-state index < -0.39 is 6.09 Å². The molecule has 0 aromatic heterocycles. The summed E-state index contributed by atoms with van der Waals surface area (Å²) in [6, 6.07) is 0. The first-order valence-corrected chi connectivity index (χ1v) is 3.58. The molecular weight excluding hydrogens is 148 g/mol. The van der Waals surface area contributed by atoms with Gasteiger partial charge in [0.25, 0.3) is 0 Å². The number of carboxylic acid groups (broad SMARTS) is 1. The van der Waals surface area contributed by atoms with Crippen molar-refractivity contribution in [2.45, 2.75) is 6.10 Å². The second-order valence-electron chi connectivity index (χ2n) is 2.38.